The molecule has 8 heteroatoms. The summed E-state index contributed by atoms with van der Waals surface area (Å²) in [4.78, 5) is 15.9. The quantitative estimate of drug-likeness (QED) is 0.120. The third-order valence-electron chi connectivity index (χ3n) is 7.39. The molecule has 42 heavy (non-hydrogen) atoms. The van der Waals surface area contributed by atoms with E-state index in [1.807, 2.05) is 71.6 Å². The molecule has 4 aromatic rings. The first-order valence-corrected chi connectivity index (χ1v) is 15.6. The van der Waals surface area contributed by atoms with Crippen LogP contribution in [0.15, 0.2) is 90.0 Å². The molecule has 1 atom stereocenters. The highest BCUT2D eigenvalue weighted by molar-refractivity contribution is 8.26. The summed E-state index contributed by atoms with van der Waals surface area (Å²) in [5.74, 6) is 0.722. The topological polar surface area (TPSA) is 47.4 Å². The Balaban J connectivity index is 1.41. The van der Waals surface area contributed by atoms with Crippen LogP contribution < -0.4 is 4.74 Å². The molecule has 2 heterocycles. The van der Waals surface area contributed by atoms with Crippen molar-refractivity contribution in [3.63, 3.8) is 0 Å². The molecule has 0 N–H and O–H groups in total. The minimum Gasteiger partial charge on any atom is -0.489 e. The summed E-state index contributed by atoms with van der Waals surface area (Å²) in [6.45, 7) is 5.16. The highest BCUT2D eigenvalue weighted by Gasteiger charge is 2.33. The van der Waals surface area contributed by atoms with Crippen LogP contribution in [0.25, 0.3) is 23.0 Å². The number of aromatic nitrogens is 2. The smallest absolute Gasteiger partial charge is 0.266 e. The standard InChI is InChI=1S/C34H34FN3O2S2/c1-3-5-11-24(4-2)21-37-33(39)31(42-34(37)41)20-27-22-38(28-13-7-6-8-14-28)36-32(27)25-16-18-29(19-17-25)40-23-26-12-9-10-15-30(26)35/h6-10,12-20,22,24H,3-5,11,21,23H2,1-2H3/b31-20-/t24-/m1/s1. The van der Waals surface area contributed by atoms with Gasteiger partial charge in [0.1, 0.15) is 22.5 Å². The van der Waals surface area contributed by atoms with Crippen LogP contribution in [0, 0.1) is 11.7 Å². The van der Waals surface area contributed by atoms with Gasteiger partial charge < -0.3 is 4.74 Å². The van der Waals surface area contributed by atoms with E-state index in [0.29, 0.717) is 33.0 Å². The Hall–Kier alpha value is -3.75. The first-order valence-electron chi connectivity index (χ1n) is 14.3. The van der Waals surface area contributed by atoms with Crippen LogP contribution in [0.2, 0.25) is 0 Å². The predicted octanol–water partition coefficient (Wildman–Crippen LogP) is 8.68. The number of nitrogens with zero attached hydrogens (tertiary/aromatic N) is 3. The van der Waals surface area contributed by atoms with E-state index >= 15 is 0 Å². The second kappa shape index (κ2) is 13.9. The minimum absolute atomic E-state index is 0.0461. The highest BCUT2D eigenvalue weighted by Crippen LogP contribution is 2.36. The van der Waals surface area contributed by atoms with Gasteiger partial charge >= 0.3 is 0 Å². The normalized spacial score (nSPS) is 15.0. The third-order valence-corrected chi connectivity index (χ3v) is 8.77. The fraction of sp³-hybridized carbons (Fsp3) is 0.265. The largest absolute Gasteiger partial charge is 0.489 e. The molecule has 0 unspecified atom stereocenters. The van der Waals surface area contributed by atoms with Crippen LogP contribution >= 0.6 is 24.0 Å². The summed E-state index contributed by atoms with van der Waals surface area (Å²) in [6.07, 6.45) is 8.24. The summed E-state index contributed by atoms with van der Waals surface area (Å²) >= 11 is 7.00. The molecule has 1 aromatic heterocycles. The summed E-state index contributed by atoms with van der Waals surface area (Å²) in [5.41, 5.74) is 3.84. The third kappa shape index (κ3) is 6.99. The average molecular weight is 600 g/mol. The maximum atomic E-state index is 14.0. The summed E-state index contributed by atoms with van der Waals surface area (Å²) in [5, 5.41) is 4.90. The number of benzene rings is 3. The predicted molar refractivity (Wildman–Crippen MR) is 173 cm³/mol. The lowest BCUT2D eigenvalue weighted by molar-refractivity contribution is -0.122. The van der Waals surface area contributed by atoms with Crippen LogP contribution in [-0.4, -0.2) is 31.5 Å². The van der Waals surface area contributed by atoms with Crippen molar-refractivity contribution >= 4 is 40.3 Å². The number of hydrogen-bond donors (Lipinski definition) is 0. The minimum atomic E-state index is -0.290. The van der Waals surface area contributed by atoms with E-state index in [9.17, 15) is 9.18 Å². The number of ether oxygens (including phenoxy) is 1. The van der Waals surface area contributed by atoms with Crippen molar-refractivity contribution in [1.29, 1.82) is 0 Å². The van der Waals surface area contributed by atoms with E-state index in [-0.39, 0.29) is 18.3 Å². The molecule has 0 saturated carbocycles. The molecule has 0 bridgehead atoms. The number of thioether (sulfide) groups is 1. The number of halogens is 1. The number of thiocarbonyl (C=S) groups is 1. The van der Waals surface area contributed by atoms with Gasteiger partial charge in [0.2, 0.25) is 0 Å². The molecule has 3 aromatic carbocycles. The lowest BCUT2D eigenvalue weighted by Crippen LogP contribution is -2.33. The van der Waals surface area contributed by atoms with Crippen LogP contribution in [0.5, 0.6) is 5.75 Å². The van der Waals surface area contributed by atoms with Crippen LogP contribution in [0.3, 0.4) is 0 Å². The monoisotopic (exact) mass is 599 g/mol. The van der Waals surface area contributed by atoms with Gasteiger partial charge in [-0.3, -0.25) is 9.69 Å². The maximum Gasteiger partial charge on any atom is 0.266 e. The Kier molecular flexibility index (Phi) is 9.87. The highest BCUT2D eigenvalue weighted by atomic mass is 32.2. The van der Waals surface area contributed by atoms with E-state index in [2.05, 4.69) is 13.8 Å². The van der Waals surface area contributed by atoms with E-state index in [1.165, 1.54) is 17.8 Å². The summed E-state index contributed by atoms with van der Waals surface area (Å²) < 4.78 is 22.3. The van der Waals surface area contributed by atoms with Crippen LogP contribution in [0.4, 0.5) is 4.39 Å². The number of carbonyl (C=O) groups excluding carboxylic acids is 1. The van der Waals surface area contributed by atoms with Gasteiger partial charge in [-0.1, -0.05) is 93.5 Å². The van der Waals surface area contributed by atoms with Crippen molar-refractivity contribution < 1.29 is 13.9 Å². The number of amides is 1. The zero-order chi connectivity index (χ0) is 29.5. The fourth-order valence-corrected chi connectivity index (χ4v) is 6.16. The number of carbonyl (C=O) groups is 1. The Morgan fingerprint density at radius 3 is 2.48 bits per heavy atom. The first-order chi connectivity index (χ1) is 20.5. The number of hydrogen-bond acceptors (Lipinski definition) is 5. The van der Waals surface area contributed by atoms with Gasteiger partial charge in [0.15, 0.2) is 0 Å². The molecule has 1 aliphatic rings. The molecule has 1 aliphatic heterocycles. The molecular weight excluding hydrogens is 566 g/mol. The second-order valence-corrected chi connectivity index (χ2v) is 12.0. The maximum absolute atomic E-state index is 14.0. The number of para-hydroxylation sites is 1. The molecule has 0 radical (unpaired) electrons. The van der Waals surface area contributed by atoms with Crippen molar-refractivity contribution in [3.8, 4) is 22.7 Å². The van der Waals surface area contributed by atoms with Crippen molar-refractivity contribution in [2.75, 3.05) is 6.54 Å². The average Bonchev–Trinajstić information content (AvgIpc) is 3.55. The number of rotatable bonds is 12. The molecule has 216 valence electrons. The Labute approximate surface area is 256 Å². The fourth-order valence-electron chi connectivity index (χ4n) is 4.89. The lowest BCUT2D eigenvalue weighted by Gasteiger charge is -2.21. The molecule has 0 spiro atoms. The molecule has 1 fully saturated rings. The van der Waals surface area contributed by atoms with Crippen molar-refractivity contribution in [2.24, 2.45) is 5.92 Å². The van der Waals surface area contributed by atoms with Gasteiger partial charge in [0.25, 0.3) is 5.91 Å². The molecule has 1 amide bonds. The Bertz CT molecular complexity index is 1570. The van der Waals surface area contributed by atoms with E-state index in [0.717, 1.165) is 48.2 Å². The molecule has 5 rings (SSSR count). The molecular formula is C34H34FN3O2S2. The van der Waals surface area contributed by atoms with Gasteiger partial charge in [-0.25, -0.2) is 9.07 Å². The Morgan fingerprint density at radius 2 is 1.76 bits per heavy atom. The van der Waals surface area contributed by atoms with Crippen LogP contribution in [0.1, 0.15) is 50.7 Å². The van der Waals surface area contributed by atoms with Gasteiger partial charge in [-0.2, -0.15) is 5.10 Å². The SMILES string of the molecule is CCCC[C@@H](CC)CN1C(=O)/C(=C/c2cn(-c3ccccc3)nc2-c2ccc(OCc3ccccc3F)cc2)SC1=S. The molecule has 5 nitrogen and oxygen atoms in total. The zero-order valence-corrected chi connectivity index (χ0v) is 25.5. The molecule has 0 aliphatic carbocycles. The van der Waals surface area contributed by atoms with Crippen molar-refractivity contribution in [2.45, 2.75) is 46.1 Å². The number of unbranched alkanes of at least 4 members (excludes halogenated alkanes) is 1. The van der Waals surface area contributed by atoms with Crippen molar-refractivity contribution in [3.05, 3.63) is 107 Å². The van der Waals surface area contributed by atoms with Gasteiger partial charge in [-0.05, 0) is 60.9 Å². The molecule has 1 saturated heterocycles. The summed E-state index contributed by atoms with van der Waals surface area (Å²) in [7, 11) is 0. The first kappa shape index (κ1) is 29.7. The second-order valence-electron chi connectivity index (χ2n) is 10.3. The zero-order valence-electron chi connectivity index (χ0n) is 23.8. The van der Waals surface area contributed by atoms with Gasteiger partial charge in [-0.15, -0.1) is 0 Å². The van der Waals surface area contributed by atoms with E-state index in [1.54, 1.807) is 23.1 Å². The lowest BCUT2D eigenvalue weighted by atomic mass is 9.99. The summed E-state index contributed by atoms with van der Waals surface area (Å²) in [6, 6.07) is 24.0. The van der Waals surface area contributed by atoms with E-state index < -0.39 is 0 Å². The van der Waals surface area contributed by atoms with Gasteiger partial charge in [0, 0.05) is 29.4 Å². The van der Waals surface area contributed by atoms with Crippen LogP contribution in [-0.2, 0) is 11.4 Å². The van der Waals surface area contributed by atoms with E-state index in [4.69, 9.17) is 22.1 Å². The Morgan fingerprint density at radius 1 is 1.02 bits per heavy atom. The van der Waals surface area contributed by atoms with Crippen molar-refractivity contribution in [1.82, 2.24) is 14.7 Å². The van der Waals surface area contributed by atoms with Gasteiger partial charge in [0.05, 0.1) is 16.3 Å².